The number of hydrogen-bond acceptors (Lipinski definition) is 4. The van der Waals surface area contributed by atoms with Gasteiger partial charge in [0.15, 0.2) is 0 Å². The van der Waals surface area contributed by atoms with Gasteiger partial charge in [-0.25, -0.2) is 0 Å². The Balaban J connectivity index is 1.87. The zero-order valence-corrected chi connectivity index (χ0v) is 14.4. The molecule has 5 nitrogen and oxygen atoms in total. The molecule has 2 heterocycles. The first-order chi connectivity index (χ1) is 11.7. The first-order valence-corrected chi connectivity index (χ1v) is 8.42. The molecule has 126 valence electrons. The lowest BCUT2D eigenvalue weighted by atomic mass is 10.2. The smallest absolute Gasteiger partial charge is 0.259 e. The number of anilines is 2. The van der Waals surface area contributed by atoms with Crippen LogP contribution in [-0.4, -0.2) is 43.7 Å². The minimum atomic E-state index is -0.104. The summed E-state index contributed by atoms with van der Waals surface area (Å²) in [4.78, 5) is 21.0. The quantitative estimate of drug-likeness (QED) is 0.853. The van der Waals surface area contributed by atoms with Gasteiger partial charge in [0, 0.05) is 25.8 Å². The van der Waals surface area contributed by atoms with E-state index >= 15 is 0 Å². The predicted molar refractivity (Wildman–Crippen MR) is 96.1 cm³/mol. The number of rotatable bonds is 4. The molecule has 0 saturated carbocycles. The van der Waals surface area contributed by atoms with Gasteiger partial charge in [0.2, 0.25) is 0 Å². The van der Waals surface area contributed by atoms with E-state index in [1.165, 1.54) is 0 Å². The number of morpholine rings is 1. The van der Waals surface area contributed by atoms with Crippen LogP contribution in [0.2, 0.25) is 5.02 Å². The van der Waals surface area contributed by atoms with E-state index in [9.17, 15) is 4.79 Å². The molecular formula is C18H20ClN3O2. The number of hydrogen-bond donors (Lipinski definition) is 0. The Kier molecular flexibility index (Phi) is 5.33. The summed E-state index contributed by atoms with van der Waals surface area (Å²) in [5.74, 6) is -0.104. The zero-order valence-electron chi connectivity index (χ0n) is 13.6. The lowest BCUT2D eigenvalue weighted by Gasteiger charge is -2.29. The molecule has 2 aromatic rings. The zero-order chi connectivity index (χ0) is 16.9. The van der Waals surface area contributed by atoms with Crippen LogP contribution in [-0.2, 0) is 4.74 Å². The summed E-state index contributed by atoms with van der Waals surface area (Å²) in [6.07, 6.45) is 3.39. The third kappa shape index (κ3) is 3.52. The fourth-order valence-corrected chi connectivity index (χ4v) is 3.03. The Labute approximate surface area is 146 Å². The number of carbonyl (C=O) groups is 1. The second kappa shape index (κ2) is 7.64. The maximum atomic E-state index is 12.9. The maximum absolute atomic E-state index is 12.9. The summed E-state index contributed by atoms with van der Waals surface area (Å²) < 4.78 is 5.37. The Hall–Kier alpha value is -2.11. The molecule has 0 N–H and O–H groups in total. The van der Waals surface area contributed by atoms with E-state index < -0.39 is 0 Å². The number of para-hydroxylation sites is 1. The Morgan fingerprint density at radius 1 is 1.29 bits per heavy atom. The summed E-state index contributed by atoms with van der Waals surface area (Å²) in [5.41, 5.74) is 2.21. The lowest BCUT2D eigenvalue weighted by molar-refractivity contribution is 0.0988. The Morgan fingerprint density at radius 3 is 2.75 bits per heavy atom. The van der Waals surface area contributed by atoms with Gasteiger partial charge in [-0.3, -0.25) is 9.78 Å². The van der Waals surface area contributed by atoms with Gasteiger partial charge in [-0.2, -0.15) is 0 Å². The van der Waals surface area contributed by atoms with Crippen molar-refractivity contribution in [2.75, 3.05) is 42.6 Å². The van der Waals surface area contributed by atoms with Gasteiger partial charge in [0.05, 0.1) is 41.4 Å². The van der Waals surface area contributed by atoms with Gasteiger partial charge in [-0.1, -0.05) is 23.7 Å². The van der Waals surface area contributed by atoms with Crippen LogP contribution in [0.3, 0.4) is 0 Å². The topological polar surface area (TPSA) is 45.7 Å². The number of nitrogens with zero attached hydrogens (tertiary/aromatic N) is 3. The fourth-order valence-electron chi connectivity index (χ4n) is 2.79. The third-order valence-electron chi connectivity index (χ3n) is 4.05. The first kappa shape index (κ1) is 16.7. The number of pyridine rings is 1. The van der Waals surface area contributed by atoms with Crippen molar-refractivity contribution >= 4 is 28.9 Å². The van der Waals surface area contributed by atoms with Crippen LogP contribution in [0, 0.1) is 0 Å². The highest BCUT2D eigenvalue weighted by Crippen LogP contribution is 2.27. The van der Waals surface area contributed by atoms with Crippen molar-refractivity contribution in [1.82, 2.24) is 4.98 Å². The SMILES string of the molecule is CCN(C(=O)c1cncc(N2CCOCC2)c1)c1ccccc1Cl. The molecule has 0 atom stereocenters. The number of amides is 1. The number of halogens is 1. The van der Waals surface area contributed by atoms with Crippen LogP contribution in [0.5, 0.6) is 0 Å². The molecular weight excluding hydrogens is 326 g/mol. The van der Waals surface area contributed by atoms with Gasteiger partial charge in [-0.15, -0.1) is 0 Å². The molecule has 1 amide bonds. The molecule has 1 fully saturated rings. The van der Waals surface area contributed by atoms with Crippen molar-refractivity contribution in [3.8, 4) is 0 Å². The number of ether oxygens (including phenoxy) is 1. The Morgan fingerprint density at radius 2 is 2.04 bits per heavy atom. The van der Waals surface area contributed by atoms with Crippen molar-refractivity contribution in [3.05, 3.63) is 53.3 Å². The highest BCUT2D eigenvalue weighted by Gasteiger charge is 2.20. The summed E-state index contributed by atoms with van der Waals surface area (Å²) in [5, 5.41) is 0.560. The van der Waals surface area contributed by atoms with Crippen LogP contribution in [0.15, 0.2) is 42.7 Å². The summed E-state index contributed by atoms with van der Waals surface area (Å²) >= 11 is 6.25. The third-order valence-corrected chi connectivity index (χ3v) is 4.37. The van der Waals surface area contributed by atoms with Crippen LogP contribution in [0.25, 0.3) is 0 Å². The van der Waals surface area contributed by atoms with Crippen molar-refractivity contribution in [3.63, 3.8) is 0 Å². The second-order valence-corrected chi connectivity index (χ2v) is 5.94. The van der Waals surface area contributed by atoms with Crippen molar-refractivity contribution in [2.45, 2.75) is 6.92 Å². The van der Waals surface area contributed by atoms with Gasteiger partial charge in [0.25, 0.3) is 5.91 Å². The standard InChI is InChI=1S/C18H20ClN3O2/c1-2-22(17-6-4-3-5-16(17)19)18(23)14-11-15(13-20-12-14)21-7-9-24-10-8-21/h3-6,11-13H,2,7-10H2,1H3. The second-order valence-electron chi connectivity index (χ2n) is 5.53. The molecule has 0 radical (unpaired) electrons. The molecule has 0 aliphatic carbocycles. The largest absolute Gasteiger partial charge is 0.378 e. The normalized spacial score (nSPS) is 14.5. The van der Waals surface area contributed by atoms with E-state index in [0.29, 0.717) is 36.0 Å². The van der Waals surface area contributed by atoms with E-state index in [1.807, 2.05) is 31.2 Å². The van der Waals surface area contributed by atoms with E-state index in [1.54, 1.807) is 23.4 Å². The van der Waals surface area contributed by atoms with Crippen LogP contribution >= 0.6 is 11.6 Å². The summed E-state index contributed by atoms with van der Waals surface area (Å²) in [6.45, 7) is 5.46. The van der Waals surface area contributed by atoms with Gasteiger partial charge >= 0.3 is 0 Å². The molecule has 1 aliphatic heterocycles. The molecule has 3 rings (SSSR count). The summed E-state index contributed by atoms with van der Waals surface area (Å²) in [7, 11) is 0. The molecule has 0 spiro atoms. The molecule has 1 saturated heterocycles. The van der Waals surface area contributed by atoms with E-state index in [-0.39, 0.29) is 5.91 Å². The summed E-state index contributed by atoms with van der Waals surface area (Å²) in [6, 6.07) is 9.25. The van der Waals surface area contributed by atoms with E-state index in [0.717, 1.165) is 18.8 Å². The Bertz CT molecular complexity index is 717. The molecule has 6 heteroatoms. The van der Waals surface area contributed by atoms with Gasteiger partial charge in [-0.05, 0) is 25.1 Å². The average molecular weight is 346 g/mol. The maximum Gasteiger partial charge on any atom is 0.259 e. The predicted octanol–water partition coefficient (Wildman–Crippen LogP) is 3.24. The highest BCUT2D eigenvalue weighted by molar-refractivity contribution is 6.34. The van der Waals surface area contributed by atoms with Crippen LogP contribution < -0.4 is 9.80 Å². The molecule has 1 aromatic heterocycles. The minimum absolute atomic E-state index is 0.104. The van der Waals surface area contributed by atoms with Crippen LogP contribution in [0.1, 0.15) is 17.3 Å². The minimum Gasteiger partial charge on any atom is -0.378 e. The monoisotopic (exact) mass is 345 g/mol. The van der Waals surface area contributed by atoms with E-state index in [4.69, 9.17) is 16.3 Å². The van der Waals surface area contributed by atoms with Gasteiger partial charge < -0.3 is 14.5 Å². The number of aromatic nitrogens is 1. The molecule has 24 heavy (non-hydrogen) atoms. The highest BCUT2D eigenvalue weighted by atomic mass is 35.5. The lowest BCUT2D eigenvalue weighted by Crippen LogP contribution is -2.36. The number of carbonyl (C=O) groups excluding carboxylic acids is 1. The number of benzene rings is 1. The van der Waals surface area contributed by atoms with Crippen LogP contribution in [0.4, 0.5) is 11.4 Å². The van der Waals surface area contributed by atoms with E-state index in [2.05, 4.69) is 9.88 Å². The first-order valence-electron chi connectivity index (χ1n) is 8.05. The van der Waals surface area contributed by atoms with Crippen molar-refractivity contribution < 1.29 is 9.53 Å². The molecule has 1 aromatic carbocycles. The van der Waals surface area contributed by atoms with Gasteiger partial charge in [0.1, 0.15) is 0 Å². The van der Waals surface area contributed by atoms with Crippen molar-refractivity contribution in [1.29, 1.82) is 0 Å². The molecule has 0 bridgehead atoms. The molecule has 1 aliphatic rings. The average Bonchev–Trinajstić information content (AvgIpc) is 2.64. The van der Waals surface area contributed by atoms with Crippen molar-refractivity contribution in [2.24, 2.45) is 0 Å². The fraction of sp³-hybridized carbons (Fsp3) is 0.333. The molecule has 0 unspecified atom stereocenters.